The van der Waals surface area contributed by atoms with Crippen LogP contribution in [0.5, 0.6) is 5.75 Å². The number of hydrogen-bond donors (Lipinski definition) is 18. The Morgan fingerprint density at radius 2 is 0.838 bits per heavy atom. The largest absolute Gasteiger partial charge is 0.494 e. The summed E-state index contributed by atoms with van der Waals surface area (Å²) in [6.45, 7) is 3.61. The Bertz CT molecular complexity index is 2680. The van der Waals surface area contributed by atoms with E-state index in [1.807, 2.05) is 0 Å². The molecule has 1 aromatic carbocycles. The molecule has 0 saturated carbocycles. The predicted octanol–water partition coefficient (Wildman–Crippen LogP) is -6.50. The first-order valence-electron chi connectivity index (χ1n) is 33.6. The van der Waals surface area contributed by atoms with Crippen LogP contribution < -0.4 is 31.3 Å². The average molecular weight is 1430 g/mol. The summed E-state index contributed by atoms with van der Waals surface area (Å²) < 4.78 is 78.0. The molecule has 30 atom stereocenters. The lowest BCUT2D eigenvalue weighted by atomic mass is 9.93. The molecule has 6 aliphatic heterocycles. The standard InChI is InChI=1S/C63H103N5O31/c1-8-9-10-11-12-13-14-15-16-20-88-33-19-17-18-32(21-33)57(85)68-40-46(79)45(78)34(22-69)92-59(40)96-52-35(23-70)93-60(41(48(52)81)65-29(4)74)97-53-36(24-71)94-61(42(49(53)82)66-30(5)75)98-54-37(25-72)95-62(43(50(54)83)67-31(6)76)99-55-38(91-58(86)39(47(55)80)64-28(3)73)26-89-63-56(87-7)51(84)44(77)27(2)90-63/h17-19,21,27,34-56,58-63,69-72,77-84,86H,8-16,20,22-26H2,1-7H3,(H,64,73)(H,65,74)(H,66,75)(H,67,76)(H,68,85)/t27?,34?,35?,36?,37?,38?,39-,40?,41?,42-,43?,44?,45+,46?,47+,48?,49?,50?,51?,52+,53+,54+,55?,56?,58?,59?,60?,61-,62-,63+/m0/s1. The third-order valence-corrected chi connectivity index (χ3v) is 18.2. The molecule has 0 aliphatic carbocycles. The first kappa shape index (κ1) is 81.7. The van der Waals surface area contributed by atoms with Crippen LogP contribution >= 0.6 is 0 Å². The number of ether oxygens (including phenoxy) is 13. The van der Waals surface area contributed by atoms with Crippen molar-refractivity contribution in [2.24, 2.45) is 0 Å². The maximum atomic E-state index is 14.0. The average Bonchev–Trinajstić information content (AvgIpc) is 0.791. The van der Waals surface area contributed by atoms with Crippen LogP contribution in [0, 0.1) is 0 Å². The highest BCUT2D eigenvalue weighted by atomic mass is 16.8. The Labute approximate surface area is 572 Å². The monoisotopic (exact) mass is 1430 g/mol. The lowest BCUT2D eigenvalue weighted by Crippen LogP contribution is -2.72. The Morgan fingerprint density at radius 1 is 0.434 bits per heavy atom. The second-order valence-electron chi connectivity index (χ2n) is 25.6. The van der Waals surface area contributed by atoms with E-state index in [9.17, 15) is 90.4 Å². The zero-order chi connectivity index (χ0) is 72.5. The maximum absolute atomic E-state index is 14.0. The molecule has 1 aromatic rings. The fraction of sp³-hybridized carbons (Fsp3) is 0.825. The van der Waals surface area contributed by atoms with Crippen LogP contribution in [-0.2, 0) is 76.0 Å². The van der Waals surface area contributed by atoms with Gasteiger partial charge in [-0.2, -0.15) is 0 Å². The van der Waals surface area contributed by atoms with Gasteiger partial charge >= 0.3 is 0 Å². The topological polar surface area (TPSA) is 528 Å². The molecule has 6 heterocycles. The van der Waals surface area contributed by atoms with Crippen LogP contribution in [-0.4, -0.2) is 327 Å². The number of methoxy groups -OCH3 is 1. The van der Waals surface area contributed by atoms with Gasteiger partial charge in [-0.05, 0) is 31.5 Å². The molecule has 6 fully saturated rings. The molecule has 0 aromatic heterocycles. The van der Waals surface area contributed by atoms with Crippen LogP contribution in [0.1, 0.15) is 110 Å². The molecule has 36 heteroatoms. The first-order chi connectivity index (χ1) is 47.2. The van der Waals surface area contributed by atoms with Gasteiger partial charge in [-0.3, -0.25) is 24.0 Å². The molecular weight excluding hydrogens is 1320 g/mol. The van der Waals surface area contributed by atoms with Gasteiger partial charge in [0.15, 0.2) is 37.7 Å². The van der Waals surface area contributed by atoms with Crippen LogP contribution in [0.15, 0.2) is 24.3 Å². The molecule has 5 amide bonds. The van der Waals surface area contributed by atoms with E-state index in [0.717, 1.165) is 53.4 Å². The molecule has 20 unspecified atom stereocenters. The van der Waals surface area contributed by atoms with Crippen molar-refractivity contribution in [3.63, 3.8) is 0 Å². The Morgan fingerprint density at radius 3 is 1.27 bits per heavy atom. The van der Waals surface area contributed by atoms with E-state index in [-0.39, 0.29) is 5.56 Å². The molecule has 566 valence electrons. The first-order valence-corrected chi connectivity index (χ1v) is 33.6. The summed E-state index contributed by atoms with van der Waals surface area (Å²) in [6.07, 6.45) is -33.4. The highest BCUT2D eigenvalue weighted by molar-refractivity contribution is 5.94. The number of amides is 5. The second-order valence-corrected chi connectivity index (χ2v) is 25.6. The molecule has 7 rings (SSSR count). The van der Waals surface area contributed by atoms with E-state index < -0.39 is 246 Å². The molecule has 18 N–H and O–H groups in total. The molecule has 6 saturated heterocycles. The van der Waals surface area contributed by atoms with Gasteiger partial charge in [0.05, 0.1) is 45.7 Å². The van der Waals surface area contributed by atoms with Crippen molar-refractivity contribution in [2.45, 2.75) is 283 Å². The van der Waals surface area contributed by atoms with Crippen molar-refractivity contribution in [1.82, 2.24) is 26.6 Å². The molecule has 99 heavy (non-hydrogen) atoms. The van der Waals surface area contributed by atoms with E-state index in [2.05, 4.69) is 33.5 Å². The Kier molecular flexibility index (Phi) is 32.0. The number of rotatable bonds is 33. The van der Waals surface area contributed by atoms with Crippen LogP contribution in [0.2, 0.25) is 0 Å². The quantitative estimate of drug-likeness (QED) is 0.0291. The fourth-order valence-electron chi connectivity index (χ4n) is 13.0. The summed E-state index contributed by atoms with van der Waals surface area (Å²) in [5.41, 5.74) is 0.0622. The van der Waals surface area contributed by atoms with E-state index >= 15 is 0 Å². The maximum Gasteiger partial charge on any atom is 0.251 e. The second kappa shape index (κ2) is 38.8. The predicted molar refractivity (Wildman–Crippen MR) is 333 cm³/mol. The van der Waals surface area contributed by atoms with Crippen LogP contribution in [0.4, 0.5) is 0 Å². The highest BCUT2D eigenvalue weighted by Gasteiger charge is 2.58. The van der Waals surface area contributed by atoms with Crippen molar-refractivity contribution in [2.75, 3.05) is 46.8 Å². The number of unbranched alkanes of at least 4 members (excludes halogenated alkanes) is 8. The highest BCUT2D eigenvalue weighted by Crippen LogP contribution is 2.37. The summed E-state index contributed by atoms with van der Waals surface area (Å²) in [4.78, 5) is 65.1. The van der Waals surface area contributed by atoms with Gasteiger partial charge < -0.3 is 155 Å². The summed E-state index contributed by atoms with van der Waals surface area (Å²) in [5.74, 6) is -3.63. The number of nitrogens with one attached hydrogen (secondary N) is 5. The SMILES string of the molecule is CCCCCCCCCCCOc1cccc(C(=O)NC2C(O[C@@H]3C(CO)OC(O[C@@H]4C(CO)O[C@@H](O[C@@H]5C(CO)O[C@@H](OC6C(CO[C@@H]7OC(C)C(O)C(O)C7OC)OC(O)[C@@H](NC(C)=O)[C@H]6O)C(NC(C)=O)C5O)[C@@H](NC(C)=O)C4O)C(NC(C)=O)C3O)OC(CO)[C@@H](O)C2O)c1. The number of aliphatic hydroxyl groups excluding tert-OH is 13. The number of carbonyl (C=O) groups is 5. The van der Waals surface area contributed by atoms with Gasteiger partial charge in [0.1, 0.15) is 146 Å². The van der Waals surface area contributed by atoms with Gasteiger partial charge in [0, 0.05) is 40.4 Å². The molecule has 36 nitrogen and oxygen atoms in total. The minimum Gasteiger partial charge on any atom is -0.494 e. The van der Waals surface area contributed by atoms with E-state index in [0.29, 0.717) is 12.4 Å². The van der Waals surface area contributed by atoms with Crippen molar-refractivity contribution in [3.05, 3.63) is 29.8 Å². The summed E-state index contributed by atoms with van der Waals surface area (Å²) >= 11 is 0. The number of benzene rings is 1. The van der Waals surface area contributed by atoms with Crippen molar-refractivity contribution in [3.8, 4) is 5.75 Å². The third kappa shape index (κ3) is 21.1. The molecule has 0 bridgehead atoms. The van der Waals surface area contributed by atoms with E-state index in [4.69, 9.17) is 61.6 Å². The third-order valence-electron chi connectivity index (χ3n) is 18.2. The summed E-state index contributed by atoms with van der Waals surface area (Å²) in [7, 11) is 1.21. The molecule has 6 aliphatic rings. The Balaban J connectivity index is 1.07. The summed E-state index contributed by atoms with van der Waals surface area (Å²) in [5, 5.41) is 159. The van der Waals surface area contributed by atoms with Gasteiger partial charge in [0.2, 0.25) is 23.6 Å². The number of hydrogen-bond acceptors (Lipinski definition) is 31. The van der Waals surface area contributed by atoms with Gasteiger partial charge in [-0.1, -0.05) is 64.4 Å². The van der Waals surface area contributed by atoms with Crippen molar-refractivity contribution >= 4 is 29.5 Å². The minimum atomic E-state index is -2.06. The Hall–Kier alpha value is -4.63. The van der Waals surface area contributed by atoms with Crippen molar-refractivity contribution in [1.29, 1.82) is 0 Å². The molecular formula is C63H103N5O31. The summed E-state index contributed by atoms with van der Waals surface area (Å²) in [6, 6.07) is -2.38. The van der Waals surface area contributed by atoms with E-state index in [1.165, 1.54) is 58.3 Å². The molecule has 0 spiro atoms. The zero-order valence-corrected chi connectivity index (χ0v) is 56.4. The van der Waals surface area contributed by atoms with Crippen LogP contribution in [0.3, 0.4) is 0 Å². The smallest absolute Gasteiger partial charge is 0.251 e. The van der Waals surface area contributed by atoms with Gasteiger partial charge in [-0.15, -0.1) is 0 Å². The van der Waals surface area contributed by atoms with Crippen molar-refractivity contribution < 1.29 is 152 Å². The lowest BCUT2D eigenvalue weighted by molar-refractivity contribution is -0.368. The van der Waals surface area contributed by atoms with E-state index in [1.54, 1.807) is 12.1 Å². The van der Waals surface area contributed by atoms with Gasteiger partial charge in [0.25, 0.3) is 5.91 Å². The van der Waals surface area contributed by atoms with Gasteiger partial charge in [-0.25, -0.2) is 0 Å². The molecule has 0 radical (unpaired) electrons. The number of carbonyl (C=O) groups excluding carboxylic acids is 5. The zero-order valence-electron chi connectivity index (χ0n) is 56.4. The number of aliphatic hydroxyl groups is 13. The minimum absolute atomic E-state index is 0.0622. The normalized spacial score (nSPS) is 39.5. The van der Waals surface area contributed by atoms with Crippen LogP contribution in [0.25, 0.3) is 0 Å². The fourth-order valence-corrected chi connectivity index (χ4v) is 13.0. The lowest BCUT2D eigenvalue weighted by Gasteiger charge is -2.51.